The molecular formula is C18H15ClN4OS2. The maximum Gasteiger partial charge on any atom is 0.268 e. The Hall–Kier alpha value is -1.96. The van der Waals surface area contributed by atoms with Gasteiger partial charge in [0.05, 0.1) is 11.1 Å². The highest BCUT2D eigenvalue weighted by molar-refractivity contribution is 7.71. The standard InChI is InChI=1S/C18H15ClN4OS2/c1-9-2-7-13-12(8-9)14-15(24)22(11-5-3-10(19)4-6-11)17-20-21-18(25)23(17)16(14)26-13/h3-6,9H,2,7-8H2,1H3,(H,21,25)/t9-/m1/s1. The lowest BCUT2D eigenvalue weighted by atomic mass is 9.89. The van der Waals surface area contributed by atoms with Crippen LogP contribution in [0.4, 0.5) is 0 Å². The van der Waals surface area contributed by atoms with Crippen LogP contribution < -0.4 is 5.56 Å². The average molecular weight is 403 g/mol. The monoisotopic (exact) mass is 402 g/mol. The van der Waals surface area contributed by atoms with Gasteiger partial charge in [-0.25, -0.2) is 14.1 Å². The number of aryl methyl sites for hydroxylation is 1. The molecule has 0 saturated heterocycles. The predicted molar refractivity (Wildman–Crippen MR) is 108 cm³/mol. The normalized spacial score (nSPS) is 17.1. The number of fused-ring (bicyclic) bond motifs is 5. The zero-order valence-corrected chi connectivity index (χ0v) is 16.3. The third kappa shape index (κ3) is 2.24. The minimum absolute atomic E-state index is 0.0459. The molecule has 5 rings (SSSR count). The fraction of sp³-hybridized carbons (Fsp3) is 0.278. The molecule has 0 bridgehead atoms. The van der Waals surface area contributed by atoms with E-state index >= 15 is 0 Å². The van der Waals surface area contributed by atoms with Crippen LogP contribution in [0.5, 0.6) is 0 Å². The maximum atomic E-state index is 13.5. The van der Waals surface area contributed by atoms with Gasteiger partial charge < -0.3 is 0 Å². The second-order valence-corrected chi connectivity index (χ2v) is 8.72. The van der Waals surface area contributed by atoms with Gasteiger partial charge in [0.15, 0.2) is 0 Å². The highest BCUT2D eigenvalue weighted by Gasteiger charge is 2.26. The van der Waals surface area contributed by atoms with Gasteiger partial charge in [0.2, 0.25) is 10.5 Å². The molecule has 0 fully saturated rings. The van der Waals surface area contributed by atoms with Gasteiger partial charge in [0.25, 0.3) is 5.56 Å². The summed E-state index contributed by atoms with van der Waals surface area (Å²) in [5.74, 6) is 1.08. The molecular weight excluding hydrogens is 388 g/mol. The van der Waals surface area contributed by atoms with Crippen molar-refractivity contribution in [3.05, 3.63) is 54.9 Å². The third-order valence-corrected chi connectivity index (χ3v) is 6.85. The number of aromatic amines is 1. The summed E-state index contributed by atoms with van der Waals surface area (Å²) in [6, 6.07) is 7.20. The molecule has 0 spiro atoms. The van der Waals surface area contributed by atoms with Crippen LogP contribution in [-0.2, 0) is 12.8 Å². The molecule has 0 amide bonds. The van der Waals surface area contributed by atoms with Crippen molar-refractivity contribution in [1.82, 2.24) is 19.2 Å². The molecule has 4 aromatic rings. The molecule has 0 aliphatic heterocycles. The summed E-state index contributed by atoms with van der Waals surface area (Å²) in [4.78, 5) is 15.7. The zero-order valence-electron chi connectivity index (χ0n) is 14.0. The van der Waals surface area contributed by atoms with E-state index in [0.29, 0.717) is 21.5 Å². The lowest BCUT2D eigenvalue weighted by molar-refractivity contribution is 0.508. The Morgan fingerprint density at radius 1 is 1.35 bits per heavy atom. The van der Waals surface area contributed by atoms with Gasteiger partial charge in [-0.1, -0.05) is 18.5 Å². The van der Waals surface area contributed by atoms with E-state index in [0.717, 1.165) is 35.2 Å². The number of hydrogen-bond donors (Lipinski definition) is 1. The van der Waals surface area contributed by atoms with Crippen molar-refractivity contribution >= 4 is 51.1 Å². The Labute approximate surface area is 162 Å². The first kappa shape index (κ1) is 16.2. The van der Waals surface area contributed by atoms with E-state index in [1.807, 2.05) is 16.5 Å². The van der Waals surface area contributed by atoms with Crippen molar-refractivity contribution in [2.45, 2.75) is 26.2 Å². The number of aromatic nitrogens is 4. The fourth-order valence-electron chi connectivity index (χ4n) is 3.77. The molecule has 132 valence electrons. The third-order valence-electron chi connectivity index (χ3n) is 5.05. The van der Waals surface area contributed by atoms with Gasteiger partial charge in [0, 0.05) is 9.90 Å². The van der Waals surface area contributed by atoms with E-state index in [1.165, 1.54) is 10.4 Å². The van der Waals surface area contributed by atoms with E-state index < -0.39 is 0 Å². The minimum atomic E-state index is -0.0459. The molecule has 5 nitrogen and oxygen atoms in total. The summed E-state index contributed by atoms with van der Waals surface area (Å²) in [5, 5.41) is 8.57. The number of halogens is 1. The van der Waals surface area contributed by atoms with Gasteiger partial charge in [-0.05, 0) is 67.2 Å². The zero-order chi connectivity index (χ0) is 18.0. The van der Waals surface area contributed by atoms with Crippen LogP contribution in [0, 0.1) is 10.7 Å². The Kier molecular flexibility index (Phi) is 3.60. The summed E-state index contributed by atoms with van der Waals surface area (Å²) in [6.07, 6.45) is 3.11. The van der Waals surface area contributed by atoms with Crippen LogP contribution in [0.1, 0.15) is 23.8 Å². The van der Waals surface area contributed by atoms with E-state index in [4.69, 9.17) is 23.8 Å². The Morgan fingerprint density at radius 3 is 2.88 bits per heavy atom. The Bertz CT molecular complexity index is 1280. The molecule has 3 heterocycles. The smallest absolute Gasteiger partial charge is 0.268 e. The van der Waals surface area contributed by atoms with Gasteiger partial charge in [-0.2, -0.15) is 0 Å². The molecule has 1 aliphatic carbocycles. The van der Waals surface area contributed by atoms with Crippen molar-refractivity contribution in [2.24, 2.45) is 5.92 Å². The summed E-state index contributed by atoms with van der Waals surface area (Å²) < 4.78 is 4.00. The first-order chi connectivity index (χ1) is 12.5. The van der Waals surface area contributed by atoms with E-state index in [9.17, 15) is 4.79 Å². The van der Waals surface area contributed by atoms with Crippen LogP contribution in [0.3, 0.4) is 0 Å². The molecule has 26 heavy (non-hydrogen) atoms. The molecule has 1 aliphatic rings. The SMILES string of the molecule is C[C@@H]1CCc2sc3c(c2C1)c(=O)n(-c1ccc(Cl)cc1)c1n[nH]c(=S)n31. The Balaban J connectivity index is 1.97. The maximum absolute atomic E-state index is 13.5. The van der Waals surface area contributed by atoms with Crippen LogP contribution in [0.25, 0.3) is 21.7 Å². The summed E-state index contributed by atoms with van der Waals surface area (Å²) in [5.41, 5.74) is 1.86. The average Bonchev–Trinajstić information content (AvgIpc) is 3.17. The number of nitrogens with one attached hydrogen (secondary N) is 1. The second kappa shape index (κ2) is 5.77. The number of rotatable bonds is 1. The van der Waals surface area contributed by atoms with Crippen LogP contribution in [0.2, 0.25) is 5.02 Å². The second-order valence-electron chi connectivity index (χ2n) is 6.81. The molecule has 0 unspecified atom stereocenters. The number of thiophene rings is 1. The molecule has 8 heteroatoms. The van der Waals surface area contributed by atoms with Crippen LogP contribution in [0.15, 0.2) is 29.1 Å². The highest BCUT2D eigenvalue weighted by Crippen LogP contribution is 2.37. The first-order valence-electron chi connectivity index (χ1n) is 8.47. The molecule has 3 aromatic heterocycles. The van der Waals surface area contributed by atoms with Crippen molar-refractivity contribution in [3.63, 3.8) is 0 Å². The number of benzene rings is 1. The quantitative estimate of drug-likeness (QED) is 0.476. The number of hydrogen-bond acceptors (Lipinski definition) is 4. The van der Waals surface area contributed by atoms with E-state index in [1.54, 1.807) is 28.0 Å². The van der Waals surface area contributed by atoms with Crippen molar-refractivity contribution in [2.75, 3.05) is 0 Å². The van der Waals surface area contributed by atoms with Crippen molar-refractivity contribution in [3.8, 4) is 5.69 Å². The van der Waals surface area contributed by atoms with Crippen LogP contribution >= 0.6 is 35.2 Å². The number of nitrogens with zero attached hydrogens (tertiary/aromatic N) is 3. The molecule has 0 saturated carbocycles. The Morgan fingerprint density at radius 2 is 2.12 bits per heavy atom. The predicted octanol–water partition coefficient (Wildman–Crippen LogP) is 4.54. The summed E-state index contributed by atoms with van der Waals surface area (Å²) in [7, 11) is 0. The lowest BCUT2D eigenvalue weighted by Gasteiger charge is -2.17. The molecule has 1 aromatic carbocycles. The van der Waals surface area contributed by atoms with Gasteiger partial charge in [-0.15, -0.1) is 16.4 Å². The van der Waals surface area contributed by atoms with E-state index in [2.05, 4.69) is 17.1 Å². The highest BCUT2D eigenvalue weighted by atomic mass is 35.5. The summed E-state index contributed by atoms with van der Waals surface area (Å²) in [6.45, 7) is 2.24. The van der Waals surface area contributed by atoms with E-state index in [-0.39, 0.29) is 5.56 Å². The minimum Gasteiger partial charge on any atom is -0.268 e. The first-order valence-corrected chi connectivity index (χ1v) is 10.1. The topological polar surface area (TPSA) is 55.1 Å². The van der Waals surface area contributed by atoms with Gasteiger partial charge in [-0.3, -0.25) is 4.79 Å². The van der Waals surface area contributed by atoms with Crippen LogP contribution in [-0.4, -0.2) is 19.2 Å². The fourth-order valence-corrected chi connectivity index (χ4v) is 5.51. The van der Waals surface area contributed by atoms with Crippen molar-refractivity contribution < 1.29 is 0 Å². The van der Waals surface area contributed by atoms with Gasteiger partial charge >= 0.3 is 0 Å². The molecule has 1 N–H and O–H groups in total. The lowest BCUT2D eigenvalue weighted by Crippen LogP contribution is -2.22. The molecule has 1 atom stereocenters. The van der Waals surface area contributed by atoms with Gasteiger partial charge in [0.1, 0.15) is 4.83 Å². The molecule has 0 radical (unpaired) electrons. The van der Waals surface area contributed by atoms with Crippen molar-refractivity contribution in [1.29, 1.82) is 0 Å². The largest absolute Gasteiger partial charge is 0.268 e. The number of H-pyrrole nitrogens is 1. The summed E-state index contributed by atoms with van der Waals surface area (Å²) >= 11 is 13.2.